The lowest BCUT2D eigenvalue weighted by Gasteiger charge is -2.16. The van der Waals surface area contributed by atoms with E-state index in [1.165, 1.54) is 14.2 Å². The minimum Gasteiger partial charge on any atom is -0.468 e. The zero-order valence-corrected chi connectivity index (χ0v) is 21.5. The summed E-state index contributed by atoms with van der Waals surface area (Å²) in [6.45, 7) is 1.14. The number of rotatable bonds is 11. The zero-order valence-electron chi connectivity index (χ0n) is 21.5. The number of aromatic nitrogens is 2. The molecule has 0 unspecified atom stereocenters. The molecule has 2 aromatic heterocycles. The third-order valence-corrected chi connectivity index (χ3v) is 6.00. The van der Waals surface area contributed by atoms with Crippen molar-refractivity contribution in [3.05, 3.63) is 107 Å². The van der Waals surface area contributed by atoms with Crippen LogP contribution in [0.3, 0.4) is 0 Å². The van der Waals surface area contributed by atoms with E-state index < -0.39 is 11.9 Å². The third-order valence-electron chi connectivity index (χ3n) is 6.00. The Morgan fingerprint density at radius 3 is 1.39 bits per heavy atom. The summed E-state index contributed by atoms with van der Waals surface area (Å²) in [7, 11) is 2.70. The minimum absolute atomic E-state index is 0.0481. The SMILES string of the molecule is COC(=O)CN=Cc1ccc(-c2ccc(C=NCC(=O)OC)n2Cc2ccccc2)n1Cc1ccccc1. The van der Waals surface area contributed by atoms with E-state index in [-0.39, 0.29) is 13.1 Å². The van der Waals surface area contributed by atoms with Crippen molar-refractivity contribution in [3.63, 3.8) is 0 Å². The van der Waals surface area contributed by atoms with Crippen LogP contribution < -0.4 is 0 Å². The van der Waals surface area contributed by atoms with E-state index in [2.05, 4.69) is 55.5 Å². The first-order valence-electron chi connectivity index (χ1n) is 12.2. The van der Waals surface area contributed by atoms with Gasteiger partial charge in [0.1, 0.15) is 13.1 Å². The largest absolute Gasteiger partial charge is 0.468 e. The van der Waals surface area contributed by atoms with Gasteiger partial charge in [0.2, 0.25) is 0 Å². The molecule has 0 radical (unpaired) electrons. The van der Waals surface area contributed by atoms with Gasteiger partial charge >= 0.3 is 11.9 Å². The second-order valence-corrected chi connectivity index (χ2v) is 8.52. The number of benzene rings is 2. The number of aliphatic imine (C=N–C) groups is 2. The molecule has 38 heavy (non-hydrogen) atoms. The molecule has 0 atom stereocenters. The number of hydrogen-bond donors (Lipinski definition) is 0. The van der Waals surface area contributed by atoms with E-state index in [9.17, 15) is 9.59 Å². The normalized spacial score (nSPS) is 11.3. The fourth-order valence-corrected chi connectivity index (χ4v) is 4.08. The maximum absolute atomic E-state index is 11.6. The molecule has 0 saturated carbocycles. The molecule has 0 bridgehead atoms. The maximum atomic E-state index is 11.6. The van der Waals surface area contributed by atoms with Crippen LogP contribution in [-0.4, -0.2) is 60.8 Å². The van der Waals surface area contributed by atoms with E-state index in [0.717, 1.165) is 33.9 Å². The number of nitrogens with zero attached hydrogens (tertiary/aromatic N) is 4. The summed E-state index contributed by atoms with van der Waals surface area (Å²) in [6.07, 6.45) is 3.40. The molecule has 194 valence electrons. The molecule has 2 aromatic carbocycles. The van der Waals surface area contributed by atoms with E-state index in [1.54, 1.807) is 12.4 Å². The van der Waals surface area contributed by atoms with E-state index >= 15 is 0 Å². The van der Waals surface area contributed by atoms with Gasteiger partial charge in [-0.05, 0) is 35.4 Å². The Hall–Kier alpha value is -4.72. The lowest BCUT2D eigenvalue weighted by molar-refractivity contribution is -0.139. The van der Waals surface area contributed by atoms with Crippen molar-refractivity contribution in [1.29, 1.82) is 0 Å². The van der Waals surface area contributed by atoms with Crippen LogP contribution >= 0.6 is 0 Å². The topological polar surface area (TPSA) is 87.2 Å². The van der Waals surface area contributed by atoms with Gasteiger partial charge in [-0.15, -0.1) is 0 Å². The van der Waals surface area contributed by atoms with Gasteiger partial charge in [0.15, 0.2) is 0 Å². The summed E-state index contributed by atoms with van der Waals surface area (Å²) in [5, 5.41) is 0. The first-order chi connectivity index (χ1) is 18.6. The van der Waals surface area contributed by atoms with Crippen LogP contribution in [0.15, 0.2) is 94.9 Å². The van der Waals surface area contributed by atoms with Crippen molar-refractivity contribution in [3.8, 4) is 11.4 Å². The van der Waals surface area contributed by atoms with Gasteiger partial charge < -0.3 is 18.6 Å². The van der Waals surface area contributed by atoms with E-state index in [1.807, 2.05) is 48.5 Å². The summed E-state index contributed by atoms with van der Waals surface area (Å²) in [5.41, 5.74) is 5.96. The number of ether oxygens (including phenoxy) is 2. The average molecular weight is 511 g/mol. The van der Waals surface area contributed by atoms with Gasteiger partial charge in [0.05, 0.1) is 37.0 Å². The zero-order chi connectivity index (χ0) is 26.7. The summed E-state index contributed by atoms with van der Waals surface area (Å²) >= 11 is 0. The predicted molar refractivity (Wildman–Crippen MR) is 148 cm³/mol. The van der Waals surface area contributed by atoms with Crippen LogP contribution in [0.5, 0.6) is 0 Å². The fourth-order valence-electron chi connectivity index (χ4n) is 4.08. The van der Waals surface area contributed by atoms with Crippen molar-refractivity contribution >= 4 is 24.4 Å². The van der Waals surface area contributed by atoms with Gasteiger partial charge in [-0.25, -0.2) is 0 Å². The molecule has 0 N–H and O–H groups in total. The second-order valence-electron chi connectivity index (χ2n) is 8.52. The van der Waals surface area contributed by atoms with Crippen LogP contribution in [0.1, 0.15) is 22.5 Å². The van der Waals surface area contributed by atoms with Crippen molar-refractivity contribution in [2.45, 2.75) is 13.1 Å². The first kappa shape index (κ1) is 26.3. The molecule has 0 amide bonds. The Morgan fingerprint density at radius 2 is 1.03 bits per heavy atom. The van der Waals surface area contributed by atoms with Crippen LogP contribution in [0.2, 0.25) is 0 Å². The Balaban J connectivity index is 1.77. The molecule has 8 nitrogen and oxygen atoms in total. The highest BCUT2D eigenvalue weighted by Gasteiger charge is 2.16. The van der Waals surface area contributed by atoms with Crippen molar-refractivity contribution in [2.75, 3.05) is 27.3 Å². The molecule has 0 saturated heterocycles. The summed E-state index contributed by atoms with van der Waals surface area (Å²) < 4.78 is 13.8. The molecule has 0 aliphatic rings. The lowest BCUT2D eigenvalue weighted by atomic mass is 10.2. The summed E-state index contributed by atoms with van der Waals surface area (Å²) in [5.74, 6) is -0.787. The molecule has 0 aliphatic heterocycles. The van der Waals surface area contributed by atoms with Crippen LogP contribution in [0.4, 0.5) is 0 Å². The van der Waals surface area contributed by atoms with Gasteiger partial charge in [-0.3, -0.25) is 19.6 Å². The number of carbonyl (C=O) groups is 2. The Labute approximate surface area is 221 Å². The molecule has 4 aromatic rings. The summed E-state index contributed by atoms with van der Waals surface area (Å²) in [6, 6.07) is 28.4. The maximum Gasteiger partial charge on any atom is 0.327 e. The Kier molecular flexibility index (Phi) is 9.02. The molecule has 0 fully saturated rings. The molecule has 8 heteroatoms. The van der Waals surface area contributed by atoms with Gasteiger partial charge in [-0.1, -0.05) is 60.7 Å². The van der Waals surface area contributed by atoms with Crippen LogP contribution in [0, 0.1) is 0 Å². The second kappa shape index (κ2) is 13.0. The van der Waals surface area contributed by atoms with Crippen molar-refractivity contribution in [2.24, 2.45) is 9.98 Å². The highest BCUT2D eigenvalue weighted by molar-refractivity contribution is 5.85. The predicted octanol–water partition coefficient (Wildman–Crippen LogP) is 4.24. The number of carbonyl (C=O) groups excluding carboxylic acids is 2. The number of hydrogen-bond acceptors (Lipinski definition) is 6. The average Bonchev–Trinajstić information content (AvgIpc) is 3.52. The smallest absolute Gasteiger partial charge is 0.327 e. The number of esters is 2. The third kappa shape index (κ3) is 6.73. The first-order valence-corrected chi connectivity index (χ1v) is 12.2. The van der Waals surface area contributed by atoms with Gasteiger partial charge in [0, 0.05) is 25.5 Å². The Bertz CT molecular complexity index is 1310. The Morgan fingerprint density at radius 1 is 0.632 bits per heavy atom. The molecule has 4 rings (SSSR count). The van der Waals surface area contributed by atoms with Crippen LogP contribution in [0.25, 0.3) is 11.4 Å². The molecular weight excluding hydrogens is 480 g/mol. The molecule has 2 heterocycles. The fraction of sp³-hybridized carbons (Fsp3) is 0.200. The van der Waals surface area contributed by atoms with Gasteiger partial charge in [-0.2, -0.15) is 0 Å². The molecule has 0 spiro atoms. The van der Waals surface area contributed by atoms with Crippen molar-refractivity contribution in [1.82, 2.24) is 9.13 Å². The monoisotopic (exact) mass is 510 g/mol. The molecule has 0 aliphatic carbocycles. The van der Waals surface area contributed by atoms with E-state index in [0.29, 0.717) is 13.1 Å². The van der Waals surface area contributed by atoms with Crippen LogP contribution in [-0.2, 0) is 32.2 Å². The number of methoxy groups -OCH3 is 2. The highest BCUT2D eigenvalue weighted by atomic mass is 16.5. The van der Waals surface area contributed by atoms with E-state index in [4.69, 9.17) is 9.47 Å². The van der Waals surface area contributed by atoms with Crippen molar-refractivity contribution < 1.29 is 19.1 Å². The quantitative estimate of drug-likeness (QED) is 0.223. The summed E-state index contributed by atoms with van der Waals surface area (Å²) in [4.78, 5) is 31.8. The minimum atomic E-state index is -0.393. The lowest BCUT2D eigenvalue weighted by Crippen LogP contribution is -2.11. The van der Waals surface area contributed by atoms with Gasteiger partial charge in [0.25, 0.3) is 0 Å². The standard InChI is InChI=1S/C30H30N4O4/c1-37-29(35)19-31-17-25-13-15-27(33(25)21-23-9-5-3-6-10-23)28-16-14-26(18-32-20-30(36)38-2)34(28)22-24-11-7-4-8-12-24/h3-18H,19-22H2,1-2H3. The molecular formula is C30H30N4O4. The highest BCUT2D eigenvalue weighted by Crippen LogP contribution is 2.27.